The largest absolute Gasteiger partial charge is 0.481 e. The second-order valence-corrected chi connectivity index (χ2v) is 5.33. The first-order valence-electron chi connectivity index (χ1n) is 6.45. The summed E-state index contributed by atoms with van der Waals surface area (Å²) in [6.07, 6.45) is 2.82. The van der Waals surface area contributed by atoms with Gasteiger partial charge in [0.25, 0.3) is 0 Å². The van der Waals surface area contributed by atoms with Gasteiger partial charge in [0.2, 0.25) is 11.9 Å². The zero-order valence-corrected chi connectivity index (χ0v) is 11.6. The number of hydrogen-bond acceptors (Lipinski definition) is 5. The number of amides is 1. The van der Waals surface area contributed by atoms with Gasteiger partial charge >= 0.3 is 5.97 Å². The first-order chi connectivity index (χ1) is 10.0. The summed E-state index contributed by atoms with van der Waals surface area (Å²) in [6.45, 7) is 0. The van der Waals surface area contributed by atoms with Crippen molar-refractivity contribution in [1.82, 2.24) is 19.9 Å². The summed E-state index contributed by atoms with van der Waals surface area (Å²) in [6, 6.07) is 0. The van der Waals surface area contributed by atoms with Gasteiger partial charge in [0.15, 0.2) is 10.8 Å². The third-order valence-corrected chi connectivity index (χ3v) is 3.90. The van der Waals surface area contributed by atoms with Crippen LogP contribution >= 0.6 is 11.6 Å². The van der Waals surface area contributed by atoms with Gasteiger partial charge in [-0.05, 0) is 19.3 Å². The lowest BCUT2D eigenvalue weighted by atomic mass is 10.0. The Balaban J connectivity index is 1.73. The highest BCUT2D eigenvalue weighted by molar-refractivity contribution is 6.33. The summed E-state index contributed by atoms with van der Waals surface area (Å²) >= 11 is 5.96. The Bertz CT molecular complexity index is 716. The van der Waals surface area contributed by atoms with Crippen LogP contribution in [0, 0.1) is 11.8 Å². The molecule has 2 atom stereocenters. The molecule has 110 valence electrons. The van der Waals surface area contributed by atoms with Gasteiger partial charge in [-0.15, -0.1) is 0 Å². The molecule has 21 heavy (non-hydrogen) atoms. The number of H-pyrrole nitrogens is 1. The number of nitrogens with zero attached hydrogens (tertiary/aromatic N) is 3. The van der Waals surface area contributed by atoms with E-state index in [0.717, 1.165) is 0 Å². The first-order valence-corrected chi connectivity index (χ1v) is 6.82. The zero-order chi connectivity index (χ0) is 15.0. The summed E-state index contributed by atoms with van der Waals surface area (Å²) in [7, 11) is 0. The molecule has 8 nitrogen and oxygen atoms in total. The Morgan fingerprint density at radius 2 is 2.10 bits per heavy atom. The maximum absolute atomic E-state index is 12.1. The lowest BCUT2D eigenvalue weighted by Crippen LogP contribution is -2.23. The van der Waals surface area contributed by atoms with E-state index in [-0.39, 0.29) is 22.9 Å². The molecule has 3 rings (SSSR count). The molecule has 2 heterocycles. The number of nitrogens with one attached hydrogen (secondary N) is 2. The minimum Gasteiger partial charge on any atom is -0.481 e. The van der Waals surface area contributed by atoms with Gasteiger partial charge in [0, 0.05) is 5.92 Å². The average Bonchev–Trinajstić information content (AvgIpc) is 3.07. The SMILES string of the molecule is O=C(O)C1CCC(C(=O)Nc2nc(Cl)c3[nH]cnc3n2)C1. The van der Waals surface area contributed by atoms with E-state index >= 15 is 0 Å². The van der Waals surface area contributed by atoms with Gasteiger partial charge in [0.05, 0.1) is 12.2 Å². The number of aliphatic carboxylic acids is 1. The summed E-state index contributed by atoms with van der Waals surface area (Å²) in [5.74, 6) is -1.88. The molecule has 1 amide bonds. The smallest absolute Gasteiger partial charge is 0.306 e. The third kappa shape index (κ3) is 2.66. The number of carboxylic acids is 1. The van der Waals surface area contributed by atoms with Crippen LogP contribution in [0.15, 0.2) is 6.33 Å². The summed E-state index contributed by atoms with van der Waals surface area (Å²) in [5, 5.41) is 11.7. The number of aromatic nitrogens is 4. The Hall–Kier alpha value is -2.22. The van der Waals surface area contributed by atoms with Gasteiger partial charge in [-0.1, -0.05) is 11.6 Å². The van der Waals surface area contributed by atoms with E-state index in [0.29, 0.717) is 30.4 Å². The fraction of sp³-hybridized carbons (Fsp3) is 0.417. The molecule has 0 saturated heterocycles. The van der Waals surface area contributed by atoms with E-state index in [1.807, 2.05) is 0 Å². The Kier molecular flexibility index (Phi) is 3.46. The van der Waals surface area contributed by atoms with E-state index in [9.17, 15) is 9.59 Å². The summed E-state index contributed by atoms with van der Waals surface area (Å²) in [4.78, 5) is 37.8. The van der Waals surface area contributed by atoms with Crippen LogP contribution in [0.4, 0.5) is 5.95 Å². The van der Waals surface area contributed by atoms with Gasteiger partial charge in [-0.3, -0.25) is 14.9 Å². The number of carbonyl (C=O) groups excluding carboxylic acids is 1. The van der Waals surface area contributed by atoms with Crippen LogP contribution < -0.4 is 5.32 Å². The zero-order valence-electron chi connectivity index (χ0n) is 10.8. The molecule has 9 heteroatoms. The highest BCUT2D eigenvalue weighted by Gasteiger charge is 2.34. The first kappa shape index (κ1) is 13.7. The van der Waals surface area contributed by atoms with Crippen molar-refractivity contribution in [2.45, 2.75) is 19.3 Å². The van der Waals surface area contributed by atoms with Gasteiger partial charge in [-0.2, -0.15) is 9.97 Å². The van der Waals surface area contributed by atoms with Crippen molar-refractivity contribution in [1.29, 1.82) is 0 Å². The molecule has 1 fully saturated rings. The summed E-state index contributed by atoms with van der Waals surface area (Å²) < 4.78 is 0. The molecule has 0 aromatic carbocycles. The number of fused-ring (bicyclic) bond motifs is 1. The highest BCUT2D eigenvalue weighted by atomic mass is 35.5. The van der Waals surface area contributed by atoms with Crippen molar-refractivity contribution in [2.75, 3.05) is 5.32 Å². The standard InChI is InChI=1S/C12H12ClN5O3/c13-8-7-9(15-4-14-7)17-12(16-8)18-10(19)5-1-2-6(3-5)11(20)21/h4-6H,1-3H2,(H,20,21)(H2,14,15,16,17,18,19). The van der Waals surface area contributed by atoms with E-state index in [2.05, 4.69) is 25.3 Å². The molecule has 0 spiro atoms. The number of carboxylic acid groups (broad SMARTS) is 1. The van der Waals surface area contributed by atoms with Crippen molar-refractivity contribution in [3.05, 3.63) is 11.5 Å². The van der Waals surface area contributed by atoms with E-state index in [1.165, 1.54) is 6.33 Å². The van der Waals surface area contributed by atoms with Gasteiger partial charge in [0.1, 0.15) is 5.52 Å². The maximum atomic E-state index is 12.1. The fourth-order valence-electron chi connectivity index (χ4n) is 2.51. The molecular formula is C12H12ClN5O3. The van der Waals surface area contributed by atoms with Crippen LogP contribution in [0.3, 0.4) is 0 Å². The van der Waals surface area contributed by atoms with E-state index < -0.39 is 11.9 Å². The molecule has 2 aromatic heterocycles. The normalized spacial score (nSPS) is 21.6. The van der Waals surface area contributed by atoms with Crippen LogP contribution in [-0.2, 0) is 9.59 Å². The molecule has 3 N–H and O–H groups in total. The predicted molar refractivity (Wildman–Crippen MR) is 73.8 cm³/mol. The van der Waals surface area contributed by atoms with Crippen molar-refractivity contribution >= 4 is 40.6 Å². The van der Waals surface area contributed by atoms with Gasteiger partial charge in [-0.25, -0.2) is 4.98 Å². The molecule has 2 unspecified atom stereocenters. The maximum Gasteiger partial charge on any atom is 0.306 e. The molecule has 0 bridgehead atoms. The van der Waals surface area contributed by atoms with Crippen LogP contribution in [0.1, 0.15) is 19.3 Å². The number of anilines is 1. The second-order valence-electron chi connectivity index (χ2n) is 4.97. The quantitative estimate of drug-likeness (QED) is 0.738. The number of aromatic amines is 1. The van der Waals surface area contributed by atoms with Crippen molar-refractivity contribution in [3.63, 3.8) is 0 Å². The minimum atomic E-state index is -0.859. The van der Waals surface area contributed by atoms with Crippen LogP contribution in [0.25, 0.3) is 11.2 Å². The number of carbonyl (C=O) groups is 2. The molecule has 1 aliphatic carbocycles. The molecule has 1 saturated carbocycles. The highest BCUT2D eigenvalue weighted by Crippen LogP contribution is 2.31. The van der Waals surface area contributed by atoms with Crippen molar-refractivity contribution in [2.24, 2.45) is 11.8 Å². The third-order valence-electron chi connectivity index (χ3n) is 3.63. The van der Waals surface area contributed by atoms with Crippen LogP contribution in [0.2, 0.25) is 5.15 Å². The summed E-state index contributed by atoms with van der Waals surface area (Å²) in [5.41, 5.74) is 0.863. The van der Waals surface area contributed by atoms with Gasteiger partial charge < -0.3 is 10.1 Å². The Labute approximate surface area is 124 Å². The molecule has 0 radical (unpaired) electrons. The lowest BCUT2D eigenvalue weighted by Gasteiger charge is -2.09. The number of hydrogen-bond donors (Lipinski definition) is 3. The molecule has 0 aliphatic heterocycles. The van der Waals surface area contributed by atoms with E-state index in [4.69, 9.17) is 16.7 Å². The van der Waals surface area contributed by atoms with E-state index in [1.54, 1.807) is 0 Å². The molecule has 1 aliphatic rings. The molecule has 2 aromatic rings. The average molecular weight is 310 g/mol. The monoisotopic (exact) mass is 309 g/mol. The predicted octanol–water partition coefficient (Wildman–Crippen LogP) is 1.45. The minimum absolute atomic E-state index is 0.0726. The second kappa shape index (κ2) is 5.28. The molecular weight excluding hydrogens is 298 g/mol. The van der Waals surface area contributed by atoms with Crippen LogP contribution in [0.5, 0.6) is 0 Å². The fourth-order valence-corrected chi connectivity index (χ4v) is 2.73. The number of rotatable bonds is 3. The van der Waals surface area contributed by atoms with Crippen LogP contribution in [-0.4, -0.2) is 36.9 Å². The Morgan fingerprint density at radius 1 is 1.33 bits per heavy atom. The van der Waals surface area contributed by atoms with Crippen molar-refractivity contribution < 1.29 is 14.7 Å². The Morgan fingerprint density at radius 3 is 2.81 bits per heavy atom. The van der Waals surface area contributed by atoms with Crippen molar-refractivity contribution in [3.8, 4) is 0 Å². The number of imidazole rings is 1. The topological polar surface area (TPSA) is 121 Å². The number of halogens is 1. The lowest BCUT2D eigenvalue weighted by molar-refractivity contribution is -0.141.